The van der Waals surface area contributed by atoms with Gasteiger partial charge in [0, 0.05) is 49.4 Å². The molecule has 60 heavy (non-hydrogen) atoms. The first-order valence-corrected chi connectivity index (χ1v) is 20.4. The Morgan fingerprint density at radius 3 is 1.10 bits per heavy atom. The van der Waals surface area contributed by atoms with Crippen LogP contribution in [0.3, 0.4) is 0 Å². The van der Waals surface area contributed by atoms with Crippen LogP contribution < -0.4 is 0 Å². The number of nitrogens with zero attached hydrogens (tertiary/aromatic N) is 6. The predicted octanol–water partition coefficient (Wildman–Crippen LogP) is 14.3. The predicted molar refractivity (Wildman–Crippen MR) is 253 cm³/mol. The number of isothiocyanates is 2. The second kappa shape index (κ2) is 13.4. The Kier molecular flexibility index (Phi) is 7.69. The van der Waals surface area contributed by atoms with Gasteiger partial charge in [-0.05, 0) is 125 Å². The van der Waals surface area contributed by atoms with Gasteiger partial charge in [0.2, 0.25) is 11.6 Å². The van der Waals surface area contributed by atoms with Crippen LogP contribution in [0.25, 0.3) is 111 Å². The number of para-hydroxylation sites is 4. The lowest BCUT2D eigenvalue weighted by molar-refractivity contribution is 1.18. The molecule has 0 atom stereocenters. The summed E-state index contributed by atoms with van der Waals surface area (Å²) in [5.74, 6) is 0.507. The Balaban J connectivity index is 1.02. The van der Waals surface area contributed by atoms with Crippen molar-refractivity contribution < 1.29 is 0 Å². The van der Waals surface area contributed by atoms with Crippen LogP contribution in [0.4, 0.5) is 11.6 Å². The van der Waals surface area contributed by atoms with E-state index in [2.05, 4.69) is 199 Å². The van der Waals surface area contributed by atoms with Crippen LogP contribution in [0.1, 0.15) is 0 Å². The van der Waals surface area contributed by atoms with Gasteiger partial charge < -0.3 is 9.13 Å². The standard InChI is InChI=1S/C52H28N6S2/c59-29-53-51-52(54-30-60)56-50-43-28-34(32-19-23-37(24-20-32)58-46-15-7-3-11-40(46)41-12-4-8-16-47(41)58)26-35-25-33(27-42(48(35)43)49(50)55-51)31-17-21-36(22-18-31)57-44-13-5-1-9-38(44)39-10-2-6-14-45(39)57/h1-28H. The Bertz CT molecular complexity index is 3370. The monoisotopic (exact) mass is 800 g/mol. The molecule has 12 rings (SSSR count). The molecule has 0 spiro atoms. The largest absolute Gasteiger partial charge is 0.309 e. The summed E-state index contributed by atoms with van der Waals surface area (Å²) < 4.78 is 4.67. The van der Waals surface area contributed by atoms with Gasteiger partial charge in [-0.2, -0.15) is 9.98 Å². The van der Waals surface area contributed by atoms with Gasteiger partial charge in [0.15, 0.2) is 0 Å². The number of benzene rings is 8. The summed E-state index contributed by atoms with van der Waals surface area (Å²) in [5.41, 5.74) is 14.6. The minimum atomic E-state index is 0.254. The van der Waals surface area contributed by atoms with Gasteiger partial charge in [0.1, 0.15) is 0 Å². The molecule has 278 valence electrons. The SMILES string of the molecule is S=C=Nc1nc2c(nc1N=C=S)-c1cc(-c3ccc(-n4c5ccccc5c5ccccc54)cc3)cc3cc(-c4ccc(-n5c6ccccc6c6ccccc65)cc4)cc-2c13. The molecule has 1 aliphatic rings. The molecule has 0 N–H and O–H groups in total. The fraction of sp³-hybridized carbons (Fsp3) is 0. The molecule has 0 saturated heterocycles. The molecule has 0 radical (unpaired) electrons. The molecule has 0 aliphatic heterocycles. The van der Waals surface area contributed by atoms with Crippen LogP contribution in [-0.4, -0.2) is 29.4 Å². The van der Waals surface area contributed by atoms with E-state index in [4.69, 9.17) is 34.4 Å². The fourth-order valence-electron chi connectivity index (χ4n) is 9.26. The third-order valence-electron chi connectivity index (χ3n) is 11.8. The smallest absolute Gasteiger partial charge is 0.209 e. The molecule has 11 aromatic rings. The molecule has 0 unspecified atom stereocenters. The highest BCUT2D eigenvalue weighted by molar-refractivity contribution is 7.78. The van der Waals surface area contributed by atoms with Gasteiger partial charge >= 0.3 is 0 Å². The molecular weight excluding hydrogens is 773 g/mol. The number of aromatic nitrogens is 4. The highest BCUT2D eigenvalue weighted by atomic mass is 32.1. The van der Waals surface area contributed by atoms with Crippen LogP contribution in [0, 0.1) is 0 Å². The summed E-state index contributed by atoms with van der Waals surface area (Å²) >= 11 is 9.99. The topological polar surface area (TPSA) is 60.4 Å². The molecule has 6 nitrogen and oxygen atoms in total. The highest BCUT2D eigenvalue weighted by Gasteiger charge is 2.28. The Hall–Kier alpha value is -7.70. The first-order valence-electron chi connectivity index (χ1n) is 19.6. The zero-order valence-electron chi connectivity index (χ0n) is 31.7. The molecule has 0 bridgehead atoms. The van der Waals surface area contributed by atoms with Crippen molar-refractivity contribution in [1.29, 1.82) is 0 Å². The Morgan fingerprint density at radius 1 is 0.400 bits per heavy atom. The lowest BCUT2D eigenvalue weighted by Crippen LogP contribution is -1.94. The summed E-state index contributed by atoms with van der Waals surface area (Å²) in [6, 6.07) is 60.9. The van der Waals surface area contributed by atoms with E-state index < -0.39 is 0 Å². The highest BCUT2D eigenvalue weighted by Crippen LogP contribution is 2.50. The van der Waals surface area contributed by atoms with Crippen molar-refractivity contribution in [2.45, 2.75) is 0 Å². The van der Waals surface area contributed by atoms with Crippen molar-refractivity contribution in [2.75, 3.05) is 0 Å². The summed E-state index contributed by atoms with van der Waals surface area (Å²) in [5, 5.41) is 12.0. The number of fused-ring (bicyclic) bond motifs is 9. The third-order valence-corrected chi connectivity index (χ3v) is 12.0. The van der Waals surface area contributed by atoms with Crippen molar-refractivity contribution in [3.63, 3.8) is 0 Å². The number of aliphatic imine (C=N–C) groups is 2. The van der Waals surface area contributed by atoms with Gasteiger partial charge in [-0.15, -0.1) is 0 Å². The summed E-state index contributed by atoms with van der Waals surface area (Å²) in [6.45, 7) is 0. The van der Waals surface area contributed by atoms with Gasteiger partial charge in [0.05, 0.1) is 43.8 Å². The van der Waals surface area contributed by atoms with Crippen LogP contribution in [0.5, 0.6) is 0 Å². The first-order chi connectivity index (χ1) is 29.7. The maximum atomic E-state index is 4.99. The molecule has 8 aromatic carbocycles. The Morgan fingerprint density at radius 2 is 0.750 bits per heavy atom. The number of rotatable bonds is 6. The maximum absolute atomic E-state index is 4.99. The van der Waals surface area contributed by atoms with Crippen LogP contribution in [0.15, 0.2) is 180 Å². The van der Waals surface area contributed by atoms with Crippen molar-refractivity contribution in [2.24, 2.45) is 9.98 Å². The van der Waals surface area contributed by atoms with E-state index in [9.17, 15) is 0 Å². The normalized spacial score (nSPS) is 11.7. The third kappa shape index (κ3) is 5.13. The van der Waals surface area contributed by atoms with E-state index in [1.807, 2.05) is 0 Å². The first kappa shape index (κ1) is 34.4. The van der Waals surface area contributed by atoms with Crippen molar-refractivity contribution in [3.8, 4) is 56.1 Å². The maximum Gasteiger partial charge on any atom is 0.209 e. The van der Waals surface area contributed by atoms with Gasteiger partial charge in [0.25, 0.3) is 0 Å². The summed E-state index contributed by atoms with van der Waals surface area (Å²) in [6.07, 6.45) is 0. The minimum absolute atomic E-state index is 0.254. The van der Waals surface area contributed by atoms with Crippen molar-refractivity contribution >= 4 is 101 Å². The van der Waals surface area contributed by atoms with Crippen molar-refractivity contribution in [1.82, 2.24) is 19.1 Å². The van der Waals surface area contributed by atoms with E-state index in [0.29, 0.717) is 11.4 Å². The minimum Gasteiger partial charge on any atom is -0.309 e. The van der Waals surface area contributed by atoms with Crippen LogP contribution in [-0.2, 0) is 0 Å². The fourth-order valence-corrected chi connectivity index (χ4v) is 9.43. The van der Waals surface area contributed by atoms with E-state index >= 15 is 0 Å². The molecule has 8 heteroatoms. The van der Waals surface area contributed by atoms with Crippen LogP contribution >= 0.6 is 24.4 Å². The molecule has 1 aliphatic carbocycles. The molecule has 3 heterocycles. The van der Waals surface area contributed by atoms with Crippen LogP contribution in [0.2, 0.25) is 0 Å². The van der Waals surface area contributed by atoms with Crippen molar-refractivity contribution in [3.05, 3.63) is 170 Å². The van der Waals surface area contributed by atoms with E-state index in [1.54, 1.807) is 0 Å². The van der Waals surface area contributed by atoms with E-state index in [-0.39, 0.29) is 11.6 Å². The molecule has 3 aromatic heterocycles. The zero-order chi connectivity index (χ0) is 39.9. The molecular formula is C52H28N6S2. The molecule has 0 amide bonds. The zero-order valence-corrected chi connectivity index (χ0v) is 33.3. The quantitative estimate of drug-likeness (QED) is 0.124. The number of hydrogen-bond acceptors (Lipinski definition) is 6. The average Bonchev–Trinajstić information content (AvgIpc) is 3.93. The second-order valence-corrected chi connectivity index (χ2v) is 15.3. The summed E-state index contributed by atoms with van der Waals surface area (Å²) in [7, 11) is 0. The van der Waals surface area contributed by atoms with E-state index in [0.717, 1.165) is 55.5 Å². The molecule has 0 fully saturated rings. The Labute approximate surface area is 354 Å². The lowest BCUT2D eigenvalue weighted by Gasteiger charge is -2.13. The lowest BCUT2D eigenvalue weighted by atomic mass is 9.93. The van der Waals surface area contributed by atoms with E-state index in [1.165, 1.54) is 43.6 Å². The number of thiocarbonyl (C=S) groups is 2. The molecule has 0 saturated carbocycles. The number of hydrogen-bond donors (Lipinski definition) is 0. The van der Waals surface area contributed by atoms with Gasteiger partial charge in [-0.25, -0.2) is 9.97 Å². The second-order valence-electron chi connectivity index (χ2n) is 15.0. The van der Waals surface area contributed by atoms with Gasteiger partial charge in [-0.1, -0.05) is 97.1 Å². The average molecular weight is 801 g/mol. The van der Waals surface area contributed by atoms with Gasteiger partial charge in [-0.3, -0.25) is 0 Å². The summed E-state index contributed by atoms with van der Waals surface area (Å²) in [4.78, 5) is 18.4.